The van der Waals surface area contributed by atoms with Crippen LogP contribution in [-0.4, -0.2) is 58.8 Å². The number of carbonyl (C=O) groups excluding carboxylic acids is 1. The number of aliphatic imine (C=N–C) groups is 2. The zero-order valence-corrected chi connectivity index (χ0v) is 22.5. The van der Waals surface area contributed by atoms with E-state index in [0.29, 0.717) is 12.3 Å². The number of nitrogens with two attached hydrogens (primary N) is 2. The summed E-state index contributed by atoms with van der Waals surface area (Å²) in [6.07, 6.45) is -1.24. The lowest BCUT2D eigenvalue weighted by molar-refractivity contribution is -0.420. The summed E-state index contributed by atoms with van der Waals surface area (Å²) in [5.41, 5.74) is 6.61. The van der Waals surface area contributed by atoms with E-state index < -0.39 is 28.8 Å². The van der Waals surface area contributed by atoms with E-state index in [2.05, 4.69) is 9.98 Å². The maximum absolute atomic E-state index is 12.4. The molecule has 3 aromatic carbocycles. The summed E-state index contributed by atoms with van der Waals surface area (Å²) in [6.45, 7) is 1.47. The van der Waals surface area contributed by atoms with Crippen LogP contribution in [0.4, 0.5) is 0 Å². The molecule has 212 valence electrons. The monoisotopic (exact) mass is 566 g/mol. The van der Waals surface area contributed by atoms with Crippen molar-refractivity contribution < 1.29 is 19.2 Å². The molecule has 13 nitrogen and oxygen atoms in total. The molecule has 0 aliphatic carbocycles. The lowest BCUT2D eigenvalue weighted by atomic mass is 10.1. The molecule has 4 N–H and O–H groups in total. The van der Waals surface area contributed by atoms with E-state index in [1.807, 2.05) is 30.1 Å². The first-order valence-corrected chi connectivity index (χ1v) is 12.8. The first kappa shape index (κ1) is 27.8. The van der Waals surface area contributed by atoms with Crippen LogP contribution in [-0.2, 0) is 6.42 Å². The third kappa shape index (κ3) is 5.74. The van der Waals surface area contributed by atoms with Crippen LogP contribution < -0.4 is 21.1 Å². The molecule has 0 saturated carbocycles. The number of rotatable bonds is 9. The molecular weight excluding hydrogens is 540 g/mol. The Hall–Kier alpha value is -5.74. The molecule has 1 unspecified atom stereocenters. The molecule has 0 fully saturated rings. The molecule has 42 heavy (non-hydrogen) atoms. The highest BCUT2D eigenvalue weighted by Crippen LogP contribution is 2.30. The number of ether oxygens (including phenoxy) is 2. The molecule has 0 saturated heterocycles. The Balaban J connectivity index is 1.58. The van der Waals surface area contributed by atoms with Crippen molar-refractivity contribution in [3.05, 3.63) is 117 Å². The Morgan fingerprint density at radius 2 is 1.95 bits per heavy atom. The van der Waals surface area contributed by atoms with Crippen LogP contribution in [0.5, 0.6) is 11.5 Å². The van der Waals surface area contributed by atoms with E-state index in [0.717, 1.165) is 28.5 Å². The third-order valence-electron chi connectivity index (χ3n) is 6.59. The van der Waals surface area contributed by atoms with Gasteiger partial charge in [-0.05, 0) is 35.9 Å². The average Bonchev–Trinajstić information content (AvgIpc) is 3.41. The van der Waals surface area contributed by atoms with Gasteiger partial charge in [0.05, 0.1) is 28.7 Å². The average molecular weight is 567 g/mol. The lowest BCUT2D eigenvalue weighted by Gasteiger charge is -2.31. The molecule has 0 spiro atoms. The van der Waals surface area contributed by atoms with E-state index in [9.17, 15) is 20.2 Å². The number of primary amides is 1. The summed E-state index contributed by atoms with van der Waals surface area (Å²) in [5, 5.41) is 22.7. The van der Waals surface area contributed by atoms with Gasteiger partial charge in [-0.3, -0.25) is 19.9 Å². The molecule has 0 radical (unpaired) electrons. The minimum atomic E-state index is -1.29. The lowest BCUT2D eigenvalue weighted by Crippen LogP contribution is -2.49. The summed E-state index contributed by atoms with van der Waals surface area (Å²) >= 11 is 0. The Labute approximate surface area is 240 Å². The van der Waals surface area contributed by atoms with Crippen molar-refractivity contribution in [3.63, 3.8) is 0 Å². The number of hydrazine groups is 1. The van der Waals surface area contributed by atoms with Gasteiger partial charge in [0.2, 0.25) is 0 Å². The molecule has 2 heterocycles. The molecule has 3 aromatic rings. The number of nitrogens with zero attached hydrogens (tertiary/aromatic N) is 6. The zero-order chi connectivity index (χ0) is 29.8. The van der Waals surface area contributed by atoms with Crippen molar-refractivity contribution in [2.45, 2.75) is 12.8 Å². The number of allylic oxidation sites excluding steroid dienone is 1. The molecule has 1 amide bonds. The Bertz CT molecular complexity index is 1680. The Kier molecular flexibility index (Phi) is 7.80. The SMILES string of the molecule is CN1CCN=C1c1cccc(OC2N=C(Cc3ccccc3)C([N+](=O)[O-])=C(Oc3cc(C#N)ccc3C(N)=O)N2N)c1. The van der Waals surface area contributed by atoms with Gasteiger partial charge in [0.15, 0.2) is 0 Å². The Morgan fingerprint density at radius 3 is 2.62 bits per heavy atom. The number of benzene rings is 3. The zero-order valence-electron chi connectivity index (χ0n) is 22.5. The number of amides is 1. The minimum Gasteiger partial charge on any atom is -0.449 e. The summed E-state index contributed by atoms with van der Waals surface area (Å²) in [4.78, 5) is 35.0. The molecule has 0 bridgehead atoms. The summed E-state index contributed by atoms with van der Waals surface area (Å²) < 4.78 is 12.1. The van der Waals surface area contributed by atoms with E-state index in [1.165, 1.54) is 18.2 Å². The fourth-order valence-corrected chi connectivity index (χ4v) is 4.55. The Morgan fingerprint density at radius 1 is 1.17 bits per heavy atom. The standard InChI is InChI=1S/C29H26N8O5/c1-35-13-12-33-27(35)20-8-5-9-21(16-20)41-29-34-23(14-18-6-3-2-4-7-18)25(37(39)40)28(36(29)32)42-24-15-19(17-30)10-11-22(24)26(31)38/h2-11,15-16,29H,12-14,32H2,1H3,(H2,31,38). The van der Waals surface area contributed by atoms with Gasteiger partial charge in [0.1, 0.15) is 23.0 Å². The number of carbonyl (C=O) groups is 1. The van der Waals surface area contributed by atoms with Gasteiger partial charge in [-0.15, -0.1) is 0 Å². The van der Waals surface area contributed by atoms with Crippen molar-refractivity contribution in [1.82, 2.24) is 9.91 Å². The molecule has 13 heteroatoms. The highest BCUT2D eigenvalue weighted by Gasteiger charge is 2.40. The van der Waals surface area contributed by atoms with Gasteiger partial charge in [-0.1, -0.05) is 42.5 Å². The van der Waals surface area contributed by atoms with Gasteiger partial charge < -0.3 is 20.1 Å². The number of likely N-dealkylation sites (N-methyl/N-ethyl adjacent to an activating group) is 1. The fourth-order valence-electron chi connectivity index (χ4n) is 4.55. The quantitative estimate of drug-likeness (QED) is 0.223. The summed E-state index contributed by atoms with van der Waals surface area (Å²) in [5.74, 6) is 6.08. The van der Waals surface area contributed by atoms with Crippen LogP contribution in [0, 0.1) is 21.4 Å². The highest BCUT2D eigenvalue weighted by molar-refractivity contribution is 6.01. The molecule has 5 rings (SSSR count). The van der Waals surface area contributed by atoms with Crippen LogP contribution in [0.3, 0.4) is 0 Å². The number of hydrogen-bond donors (Lipinski definition) is 2. The number of nitriles is 1. The second kappa shape index (κ2) is 11.8. The van der Waals surface area contributed by atoms with Gasteiger partial charge in [-0.25, -0.2) is 15.8 Å². The van der Waals surface area contributed by atoms with Crippen LogP contribution in [0.15, 0.2) is 94.4 Å². The van der Waals surface area contributed by atoms with Gasteiger partial charge in [0, 0.05) is 25.6 Å². The van der Waals surface area contributed by atoms with Crippen molar-refractivity contribution in [2.75, 3.05) is 20.1 Å². The van der Waals surface area contributed by atoms with Crippen LogP contribution in [0.2, 0.25) is 0 Å². The first-order valence-electron chi connectivity index (χ1n) is 12.8. The molecule has 2 aliphatic heterocycles. The third-order valence-corrected chi connectivity index (χ3v) is 6.59. The minimum absolute atomic E-state index is 0.0287. The highest BCUT2D eigenvalue weighted by atomic mass is 16.6. The number of nitro groups is 1. The number of amidine groups is 1. The molecule has 2 aliphatic rings. The number of hydrogen-bond acceptors (Lipinski definition) is 11. The predicted molar refractivity (Wildman–Crippen MR) is 153 cm³/mol. The molecule has 1 atom stereocenters. The summed E-state index contributed by atoms with van der Waals surface area (Å²) in [6, 6.07) is 22.1. The molecular formula is C29H26N8O5. The van der Waals surface area contributed by atoms with Crippen LogP contribution in [0.25, 0.3) is 0 Å². The van der Waals surface area contributed by atoms with E-state index in [1.54, 1.807) is 42.5 Å². The van der Waals surface area contributed by atoms with Crippen LogP contribution in [0.1, 0.15) is 27.0 Å². The van der Waals surface area contributed by atoms with E-state index in [-0.39, 0.29) is 29.0 Å². The van der Waals surface area contributed by atoms with E-state index in [4.69, 9.17) is 21.1 Å². The maximum Gasteiger partial charge on any atom is 0.352 e. The van der Waals surface area contributed by atoms with Crippen molar-refractivity contribution in [2.24, 2.45) is 21.6 Å². The molecule has 0 aromatic heterocycles. The second-order valence-electron chi connectivity index (χ2n) is 9.44. The maximum atomic E-state index is 12.4. The fraction of sp³-hybridized carbons (Fsp3) is 0.172. The van der Waals surface area contributed by atoms with E-state index >= 15 is 0 Å². The smallest absolute Gasteiger partial charge is 0.352 e. The van der Waals surface area contributed by atoms with Crippen molar-refractivity contribution in [3.8, 4) is 17.6 Å². The second-order valence-corrected chi connectivity index (χ2v) is 9.44. The normalized spacial score (nSPS) is 16.5. The van der Waals surface area contributed by atoms with Gasteiger partial charge >= 0.3 is 5.70 Å². The van der Waals surface area contributed by atoms with Crippen LogP contribution >= 0.6 is 0 Å². The first-order chi connectivity index (χ1) is 20.2. The predicted octanol–water partition coefficient (Wildman–Crippen LogP) is 2.41. The van der Waals surface area contributed by atoms with Crippen molar-refractivity contribution >= 4 is 17.5 Å². The van der Waals surface area contributed by atoms with Gasteiger partial charge in [0.25, 0.3) is 18.1 Å². The van der Waals surface area contributed by atoms with Gasteiger partial charge in [-0.2, -0.15) is 5.26 Å². The topological polar surface area (TPSA) is 186 Å². The largest absolute Gasteiger partial charge is 0.449 e. The van der Waals surface area contributed by atoms with Crippen molar-refractivity contribution in [1.29, 1.82) is 5.26 Å². The summed E-state index contributed by atoms with van der Waals surface area (Å²) in [7, 11) is 1.94.